The Morgan fingerprint density at radius 1 is 1.26 bits per heavy atom. The van der Waals surface area contributed by atoms with Crippen LogP contribution in [0.25, 0.3) is 11.5 Å². The van der Waals surface area contributed by atoms with Gasteiger partial charge < -0.3 is 14.1 Å². The molecule has 2 aromatic heterocycles. The van der Waals surface area contributed by atoms with E-state index in [2.05, 4.69) is 10.2 Å². The highest BCUT2D eigenvalue weighted by Crippen LogP contribution is 2.27. The van der Waals surface area contributed by atoms with E-state index < -0.39 is 15.1 Å². The molecule has 1 aromatic carbocycles. The Morgan fingerprint density at radius 2 is 2.00 bits per heavy atom. The fourth-order valence-electron chi connectivity index (χ4n) is 2.91. The number of rotatable bonds is 5. The molecule has 0 unspecified atom stereocenters. The number of aromatic amines is 1. The van der Waals surface area contributed by atoms with Crippen LogP contribution in [0.2, 0.25) is 0 Å². The first kappa shape index (κ1) is 17.3. The van der Waals surface area contributed by atoms with Crippen LogP contribution < -0.4 is 4.74 Å². The summed E-state index contributed by atoms with van der Waals surface area (Å²) >= 11 is 0. The van der Waals surface area contributed by atoms with Gasteiger partial charge in [-0.25, -0.2) is 8.42 Å². The Balaban J connectivity index is 1.43. The van der Waals surface area contributed by atoms with Crippen LogP contribution in [-0.4, -0.2) is 54.9 Å². The number of carbonyl (C=O) groups is 1. The summed E-state index contributed by atoms with van der Waals surface area (Å²) in [6, 6.07) is 11.3. The molecule has 1 aliphatic heterocycles. The van der Waals surface area contributed by atoms with Gasteiger partial charge in [0.1, 0.15) is 16.7 Å². The summed E-state index contributed by atoms with van der Waals surface area (Å²) in [7, 11) is -1.98. The first-order valence-corrected chi connectivity index (χ1v) is 9.80. The van der Waals surface area contributed by atoms with E-state index in [-0.39, 0.29) is 29.6 Å². The van der Waals surface area contributed by atoms with E-state index in [0.29, 0.717) is 17.2 Å². The van der Waals surface area contributed by atoms with Crippen molar-refractivity contribution in [1.82, 2.24) is 15.1 Å². The van der Waals surface area contributed by atoms with Gasteiger partial charge in [-0.05, 0) is 36.4 Å². The summed E-state index contributed by atoms with van der Waals surface area (Å²) < 4.78 is 35.6. The standard InChI is InChI=1S/C18H17N3O5S/c1-25-12-4-6-13(7-5-12)27(23,24)14-10-21(11-14)18(22)16-9-15(19-20-16)17-3-2-8-26-17/h2-9,14H,10-11H2,1H3,(H,19,20). The molecule has 3 heterocycles. The zero-order chi connectivity index (χ0) is 19.0. The minimum Gasteiger partial charge on any atom is -0.497 e. The van der Waals surface area contributed by atoms with Crippen LogP contribution in [0, 0.1) is 0 Å². The Kier molecular flexibility index (Phi) is 4.23. The van der Waals surface area contributed by atoms with Crippen LogP contribution in [0.3, 0.4) is 0 Å². The van der Waals surface area contributed by atoms with E-state index in [1.165, 1.54) is 30.4 Å². The van der Waals surface area contributed by atoms with E-state index in [9.17, 15) is 13.2 Å². The average molecular weight is 387 g/mol. The molecule has 1 N–H and O–H groups in total. The normalized spacial score (nSPS) is 14.8. The van der Waals surface area contributed by atoms with Crippen molar-refractivity contribution in [3.63, 3.8) is 0 Å². The number of nitrogens with zero attached hydrogens (tertiary/aromatic N) is 2. The van der Waals surface area contributed by atoms with E-state index in [1.807, 2.05) is 0 Å². The second-order valence-corrected chi connectivity index (χ2v) is 8.42. The molecule has 1 fully saturated rings. The van der Waals surface area contributed by atoms with Crippen LogP contribution >= 0.6 is 0 Å². The van der Waals surface area contributed by atoms with E-state index >= 15 is 0 Å². The molecule has 1 aliphatic rings. The molecule has 0 atom stereocenters. The van der Waals surface area contributed by atoms with E-state index in [0.717, 1.165) is 0 Å². The van der Waals surface area contributed by atoms with Gasteiger partial charge in [-0.2, -0.15) is 5.10 Å². The fourth-order valence-corrected chi connectivity index (χ4v) is 4.56. The molecular formula is C18H17N3O5S. The number of hydrogen-bond acceptors (Lipinski definition) is 6. The van der Waals surface area contributed by atoms with Gasteiger partial charge in [0.15, 0.2) is 21.3 Å². The molecule has 1 saturated heterocycles. The lowest BCUT2D eigenvalue weighted by Gasteiger charge is -2.38. The van der Waals surface area contributed by atoms with Gasteiger partial charge in [-0.1, -0.05) is 0 Å². The van der Waals surface area contributed by atoms with Crippen molar-refractivity contribution in [2.24, 2.45) is 0 Å². The monoisotopic (exact) mass is 387 g/mol. The number of hydrogen-bond donors (Lipinski definition) is 1. The molecule has 0 aliphatic carbocycles. The summed E-state index contributed by atoms with van der Waals surface area (Å²) in [6.07, 6.45) is 1.53. The SMILES string of the molecule is COc1ccc(S(=O)(=O)C2CN(C(=O)c3cc(-c4ccco4)[nH]n3)C2)cc1. The van der Waals surface area contributed by atoms with Crippen molar-refractivity contribution in [3.05, 3.63) is 54.4 Å². The predicted octanol–water partition coefficient (Wildman–Crippen LogP) is 1.98. The molecule has 0 radical (unpaired) electrons. The maximum absolute atomic E-state index is 12.7. The number of aromatic nitrogens is 2. The zero-order valence-corrected chi connectivity index (χ0v) is 15.3. The number of benzene rings is 1. The highest BCUT2D eigenvalue weighted by molar-refractivity contribution is 7.92. The Morgan fingerprint density at radius 3 is 2.63 bits per heavy atom. The van der Waals surface area contributed by atoms with E-state index in [4.69, 9.17) is 9.15 Å². The van der Waals surface area contributed by atoms with Crippen molar-refractivity contribution >= 4 is 15.7 Å². The summed E-state index contributed by atoms with van der Waals surface area (Å²) in [6.45, 7) is 0.270. The molecular weight excluding hydrogens is 370 g/mol. The number of carbonyl (C=O) groups excluding carboxylic acids is 1. The molecule has 0 saturated carbocycles. The lowest BCUT2D eigenvalue weighted by Crippen LogP contribution is -2.56. The summed E-state index contributed by atoms with van der Waals surface area (Å²) in [4.78, 5) is 14.2. The summed E-state index contributed by atoms with van der Waals surface area (Å²) in [5, 5.41) is 6.12. The first-order chi connectivity index (χ1) is 13.0. The molecule has 27 heavy (non-hydrogen) atoms. The molecule has 9 heteroatoms. The third kappa shape index (κ3) is 3.10. The van der Waals surface area contributed by atoms with Gasteiger partial charge in [0, 0.05) is 19.2 Å². The van der Waals surface area contributed by atoms with E-state index in [1.54, 1.807) is 30.3 Å². The van der Waals surface area contributed by atoms with Gasteiger partial charge >= 0.3 is 0 Å². The fraction of sp³-hybridized carbons (Fsp3) is 0.222. The van der Waals surface area contributed by atoms with Gasteiger partial charge in [0.2, 0.25) is 0 Å². The van der Waals surface area contributed by atoms with Gasteiger partial charge in [-0.15, -0.1) is 0 Å². The van der Waals surface area contributed by atoms with Crippen LogP contribution in [0.15, 0.2) is 58.0 Å². The van der Waals surface area contributed by atoms with Gasteiger partial charge in [-0.3, -0.25) is 9.89 Å². The Bertz CT molecular complexity index is 1050. The zero-order valence-electron chi connectivity index (χ0n) is 14.5. The Labute approximate surface area is 155 Å². The highest BCUT2D eigenvalue weighted by Gasteiger charge is 2.41. The van der Waals surface area contributed by atoms with Crippen LogP contribution in [-0.2, 0) is 9.84 Å². The number of amides is 1. The number of ether oxygens (including phenoxy) is 1. The number of likely N-dealkylation sites (tertiary alicyclic amines) is 1. The molecule has 4 rings (SSSR count). The van der Waals surface area contributed by atoms with Crippen molar-refractivity contribution < 1.29 is 22.4 Å². The molecule has 8 nitrogen and oxygen atoms in total. The van der Waals surface area contributed by atoms with Crippen molar-refractivity contribution in [1.29, 1.82) is 0 Å². The van der Waals surface area contributed by atoms with Crippen LogP contribution in [0.1, 0.15) is 10.5 Å². The van der Waals surface area contributed by atoms with Crippen molar-refractivity contribution in [2.75, 3.05) is 20.2 Å². The third-order valence-corrected chi connectivity index (χ3v) is 6.65. The minimum atomic E-state index is -3.50. The number of H-pyrrole nitrogens is 1. The van der Waals surface area contributed by atoms with Crippen molar-refractivity contribution in [3.8, 4) is 17.2 Å². The maximum Gasteiger partial charge on any atom is 0.274 e. The third-order valence-electron chi connectivity index (χ3n) is 4.55. The molecule has 140 valence electrons. The number of sulfone groups is 1. The second kappa shape index (κ2) is 6.58. The second-order valence-electron chi connectivity index (χ2n) is 6.20. The summed E-state index contributed by atoms with van der Waals surface area (Å²) in [5.41, 5.74) is 0.813. The quantitative estimate of drug-likeness (QED) is 0.718. The topological polar surface area (TPSA) is 106 Å². The predicted molar refractivity (Wildman–Crippen MR) is 96.2 cm³/mol. The van der Waals surface area contributed by atoms with Gasteiger partial charge in [0.25, 0.3) is 5.91 Å². The molecule has 1 amide bonds. The largest absolute Gasteiger partial charge is 0.497 e. The lowest BCUT2D eigenvalue weighted by atomic mass is 10.2. The lowest BCUT2D eigenvalue weighted by molar-refractivity contribution is 0.0652. The van der Waals surface area contributed by atoms with Crippen molar-refractivity contribution in [2.45, 2.75) is 10.1 Å². The molecule has 3 aromatic rings. The number of methoxy groups -OCH3 is 1. The smallest absolute Gasteiger partial charge is 0.274 e. The molecule has 0 spiro atoms. The maximum atomic E-state index is 12.7. The number of nitrogens with one attached hydrogen (secondary N) is 1. The minimum absolute atomic E-state index is 0.135. The molecule has 0 bridgehead atoms. The first-order valence-electron chi connectivity index (χ1n) is 8.25. The number of furan rings is 1. The van der Waals surface area contributed by atoms with Crippen LogP contribution in [0.4, 0.5) is 0 Å². The highest BCUT2D eigenvalue weighted by atomic mass is 32.2. The van der Waals surface area contributed by atoms with Gasteiger partial charge in [0.05, 0.1) is 18.3 Å². The van der Waals surface area contributed by atoms with Crippen LogP contribution in [0.5, 0.6) is 5.75 Å². The Hall–Kier alpha value is -3.07. The average Bonchev–Trinajstić information content (AvgIpc) is 3.31. The summed E-state index contributed by atoms with van der Waals surface area (Å²) in [5.74, 6) is 0.848.